The second kappa shape index (κ2) is 7.01. The molecule has 0 amide bonds. The third-order valence-corrected chi connectivity index (χ3v) is 5.70. The number of ether oxygens (including phenoxy) is 2. The lowest BCUT2D eigenvalue weighted by molar-refractivity contribution is -0.147. The van der Waals surface area contributed by atoms with Crippen LogP contribution in [0.2, 0.25) is 0 Å². The molecule has 0 saturated carbocycles. The van der Waals surface area contributed by atoms with E-state index in [0.717, 1.165) is 0 Å². The quantitative estimate of drug-likeness (QED) is 0.649. The molecular weight excluding hydrogens is 300 g/mol. The minimum absolute atomic E-state index is 0.102. The second-order valence-electron chi connectivity index (χ2n) is 5.06. The molecule has 9 heteroatoms. The lowest BCUT2D eigenvalue weighted by Gasteiger charge is -2.35. The Balaban J connectivity index is 2.12. The van der Waals surface area contributed by atoms with Crippen LogP contribution in [-0.2, 0) is 24.5 Å². The smallest absolute Gasteiger partial charge is 0.324 e. The van der Waals surface area contributed by atoms with Crippen molar-refractivity contribution in [1.82, 2.24) is 8.61 Å². The first-order valence-electron chi connectivity index (χ1n) is 7.16. The van der Waals surface area contributed by atoms with Gasteiger partial charge in [-0.15, -0.1) is 0 Å². The van der Waals surface area contributed by atoms with E-state index in [1.807, 2.05) is 0 Å². The molecule has 1 N–H and O–H groups in total. The van der Waals surface area contributed by atoms with Crippen LogP contribution in [0.5, 0.6) is 0 Å². The van der Waals surface area contributed by atoms with Gasteiger partial charge in [0.2, 0.25) is 0 Å². The van der Waals surface area contributed by atoms with E-state index in [4.69, 9.17) is 14.6 Å². The Morgan fingerprint density at radius 2 is 2.19 bits per heavy atom. The molecule has 122 valence electrons. The van der Waals surface area contributed by atoms with Crippen molar-refractivity contribution < 1.29 is 27.8 Å². The maximum absolute atomic E-state index is 12.7. The molecule has 0 bridgehead atoms. The predicted molar refractivity (Wildman–Crippen MR) is 73.7 cm³/mol. The van der Waals surface area contributed by atoms with E-state index in [9.17, 15) is 13.2 Å². The summed E-state index contributed by atoms with van der Waals surface area (Å²) >= 11 is 0. The van der Waals surface area contributed by atoms with Gasteiger partial charge in [0.15, 0.2) is 0 Å². The number of hydrogen-bond donors (Lipinski definition) is 1. The molecule has 21 heavy (non-hydrogen) atoms. The molecule has 2 atom stereocenters. The Bertz CT molecular complexity index is 468. The van der Waals surface area contributed by atoms with Crippen molar-refractivity contribution >= 4 is 16.2 Å². The van der Waals surface area contributed by atoms with Gasteiger partial charge in [0.05, 0.1) is 25.9 Å². The van der Waals surface area contributed by atoms with Crippen molar-refractivity contribution in [3.63, 3.8) is 0 Å². The predicted octanol–water partition coefficient (Wildman–Crippen LogP) is -1.05. The number of rotatable bonds is 5. The number of esters is 1. The molecule has 0 aliphatic carbocycles. The van der Waals surface area contributed by atoms with Gasteiger partial charge in [0.25, 0.3) is 10.2 Å². The van der Waals surface area contributed by atoms with E-state index in [0.29, 0.717) is 19.4 Å². The van der Waals surface area contributed by atoms with Gasteiger partial charge in [-0.25, -0.2) is 0 Å². The van der Waals surface area contributed by atoms with Gasteiger partial charge in [-0.1, -0.05) is 0 Å². The highest BCUT2D eigenvalue weighted by atomic mass is 32.2. The zero-order valence-corrected chi connectivity index (χ0v) is 12.9. The molecule has 0 spiro atoms. The molecule has 0 aromatic heterocycles. The number of carbonyl (C=O) groups is 1. The van der Waals surface area contributed by atoms with Gasteiger partial charge in [-0.2, -0.15) is 17.0 Å². The summed E-state index contributed by atoms with van der Waals surface area (Å²) in [4.78, 5) is 11.9. The Morgan fingerprint density at radius 3 is 2.86 bits per heavy atom. The SMILES string of the molecule is CCOC(=O)C1CCCN1S(=O)(=O)N1CCOC(CO)C1. The van der Waals surface area contributed by atoms with Crippen LogP contribution < -0.4 is 0 Å². The third-order valence-electron chi connectivity index (χ3n) is 3.69. The summed E-state index contributed by atoms with van der Waals surface area (Å²) in [7, 11) is -3.74. The van der Waals surface area contributed by atoms with Crippen molar-refractivity contribution in [2.24, 2.45) is 0 Å². The van der Waals surface area contributed by atoms with Gasteiger partial charge < -0.3 is 14.6 Å². The van der Waals surface area contributed by atoms with Gasteiger partial charge >= 0.3 is 5.97 Å². The highest BCUT2D eigenvalue weighted by Gasteiger charge is 2.43. The fraction of sp³-hybridized carbons (Fsp3) is 0.917. The molecule has 2 unspecified atom stereocenters. The van der Waals surface area contributed by atoms with Crippen LogP contribution in [0.4, 0.5) is 0 Å². The van der Waals surface area contributed by atoms with E-state index in [1.54, 1.807) is 6.92 Å². The topological polar surface area (TPSA) is 96.4 Å². The van der Waals surface area contributed by atoms with E-state index in [-0.39, 0.29) is 32.9 Å². The number of morpholine rings is 1. The molecule has 2 aliphatic rings. The van der Waals surface area contributed by atoms with Crippen molar-refractivity contribution in [3.8, 4) is 0 Å². The summed E-state index contributed by atoms with van der Waals surface area (Å²) in [5.41, 5.74) is 0. The highest BCUT2D eigenvalue weighted by Crippen LogP contribution is 2.25. The third kappa shape index (κ3) is 3.54. The van der Waals surface area contributed by atoms with Gasteiger partial charge in [-0.05, 0) is 19.8 Å². The van der Waals surface area contributed by atoms with Crippen LogP contribution in [-0.4, -0.2) is 79.7 Å². The molecule has 2 rings (SSSR count). The first-order valence-corrected chi connectivity index (χ1v) is 8.56. The number of carbonyl (C=O) groups excluding carboxylic acids is 1. The Kier molecular flexibility index (Phi) is 5.55. The maximum Gasteiger partial charge on any atom is 0.324 e. The van der Waals surface area contributed by atoms with Crippen LogP contribution in [0.25, 0.3) is 0 Å². The largest absolute Gasteiger partial charge is 0.465 e. The average molecular weight is 322 g/mol. The Morgan fingerprint density at radius 1 is 1.43 bits per heavy atom. The minimum Gasteiger partial charge on any atom is -0.465 e. The van der Waals surface area contributed by atoms with Crippen molar-refractivity contribution in [2.75, 3.05) is 39.5 Å². The normalized spacial score (nSPS) is 28.7. The van der Waals surface area contributed by atoms with Crippen LogP contribution in [0, 0.1) is 0 Å². The van der Waals surface area contributed by atoms with Crippen LogP contribution in [0.1, 0.15) is 19.8 Å². The van der Waals surface area contributed by atoms with Crippen molar-refractivity contribution in [2.45, 2.75) is 31.9 Å². The zero-order valence-electron chi connectivity index (χ0n) is 12.1. The summed E-state index contributed by atoms with van der Waals surface area (Å²) in [5, 5.41) is 9.12. The maximum atomic E-state index is 12.7. The van der Waals surface area contributed by atoms with E-state index in [2.05, 4.69) is 0 Å². The lowest BCUT2D eigenvalue weighted by Crippen LogP contribution is -2.54. The molecule has 0 aromatic rings. The second-order valence-corrected chi connectivity index (χ2v) is 6.94. The Labute approximate surface area is 124 Å². The van der Waals surface area contributed by atoms with Crippen molar-refractivity contribution in [1.29, 1.82) is 0 Å². The number of aliphatic hydroxyl groups is 1. The monoisotopic (exact) mass is 322 g/mol. The molecule has 2 heterocycles. The number of nitrogens with zero attached hydrogens (tertiary/aromatic N) is 2. The van der Waals surface area contributed by atoms with Crippen LogP contribution >= 0.6 is 0 Å². The van der Waals surface area contributed by atoms with E-state index < -0.39 is 28.3 Å². The molecule has 2 fully saturated rings. The molecule has 0 radical (unpaired) electrons. The van der Waals surface area contributed by atoms with Gasteiger partial charge in [0, 0.05) is 19.6 Å². The van der Waals surface area contributed by atoms with E-state index >= 15 is 0 Å². The molecule has 2 aliphatic heterocycles. The summed E-state index contributed by atoms with van der Waals surface area (Å²) in [6.07, 6.45) is 0.597. The standard InChI is InChI=1S/C12H22N2O6S/c1-2-19-12(16)11-4-3-5-14(11)21(17,18)13-6-7-20-10(8-13)9-15/h10-11,15H,2-9H2,1H3. The lowest BCUT2D eigenvalue weighted by atomic mass is 10.2. The Hall–Kier alpha value is -0.740. The fourth-order valence-electron chi connectivity index (χ4n) is 2.65. The van der Waals surface area contributed by atoms with E-state index in [1.165, 1.54) is 8.61 Å². The van der Waals surface area contributed by atoms with Gasteiger partial charge in [-0.3, -0.25) is 4.79 Å². The molecule has 0 aromatic carbocycles. The first kappa shape index (κ1) is 16.6. The fourth-order valence-corrected chi connectivity index (χ4v) is 4.48. The summed E-state index contributed by atoms with van der Waals surface area (Å²) in [6.45, 7) is 2.57. The molecule has 2 saturated heterocycles. The minimum atomic E-state index is -3.74. The number of aliphatic hydroxyl groups excluding tert-OH is 1. The zero-order chi connectivity index (χ0) is 15.5. The highest BCUT2D eigenvalue weighted by molar-refractivity contribution is 7.86. The first-order chi connectivity index (χ1) is 10.0. The number of hydrogen-bond acceptors (Lipinski definition) is 6. The van der Waals surface area contributed by atoms with Gasteiger partial charge in [0.1, 0.15) is 6.04 Å². The average Bonchev–Trinajstić information content (AvgIpc) is 2.98. The van der Waals surface area contributed by atoms with Crippen LogP contribution in [0.15, 0.2) is 0 Å². The summed E-state index contributed by atoms with van der Waals surface area (Å²) < 4.78 is 38.1. The van der Waals surface area contributed by atoms with Crippen molar-refractivity contribution in [3.05, 3.63) is 0 Å². The summed E-state index contributed by atoms with van der Waals surface area (Å²) in [5.74, 6) is -0.495. The molecule has 8 nitrogen and oxygen atoms in total. The molecular formula is C12H22N2O6S. The van der Waals surface area contributed by atoms with Crippen LogP contribution in [0.3, 0.4) is 0 Å². The summed E-state index contributed by atoms with van der Waals surface area (Å²) in [6, 6.07) is -0.745.